The van der Waals surface area contributed by atoms with Crippen LogP contribution in [0.4, 0.5) is 8.78 Å². The third-order valence-corrected chi connectivity index (χ3v) is 5.76. The van der Waals surface area contributed by atoms with Gasteiger partial charge < -0.3 is 15.5 Å². The van der Waals surface area contributed by atoms with Gasteiger partial charge >= 0.3 is 6.61 Å². The summed E-state index contributed by atoms with van der Waals surface area (Å²) in [6.07, 6.45) is 2.04. The lowest BCUT2D eigenvalue weighted by Crippen LogP contribution is -2.34. The van der Waals surface area contributed by atoms with Crippen LogP contribution in [-0.4, -0.2) is 44.1 Å². The summed E-state index contributed by atoms with van der Waals surface area (Å²) in [5.74, 6) is 6.73. The van der Waals surface area contributed by atoms with Crippen LogP contribution in [0.25, 0.3) is 11.4 Å². The average Bonchev–Trinajstić information content (AvgIpc) is 3.54. The first-order valence-corrected chi connectivity index (χ1v) is 10.7. The van der Waals surface area contributed by atoms with Gasteiger partial charge in [-0.15, -0.1) is 10.2 Å². The molecule has 1 saturated carbocycles. The van der Waals surface area contributed by atoms with E-state index in [1.807, 2.05) is 35.2 Å². The molecule has 0 unspecified atom stereocenters. The first kappa shape index (κ1) is 21.1. The van der Waals surface area contributed by atoms with Crippen molar-refractivity contribution in [3.05, 3.63) is 60.2 Å². The number of halogens is 2. The van der Waals surface area contributed by atoms with Crippen LogP contribution in [-0.2, 0) is 11.3 Å². The van der Waals surface area contributed by atoms with Gasteiger partial charge in [-0.2, -0.15) is 8.78 Å². The van der Waals surface area contributed by atoms with Crippen molar-refractivity contribution in [1.29, 1.82) is 0 Å². The smallest absolute Gasteiger partial charge is 0.387 e. The van der Waals surface area contributed by atoms with E-state index in [9.17, 15) is 13.6 Å². The molecule has 0 spiro atoms. The molecule has 2 N–H and O–H groups in total. The minimum absolute atomic E-state index is 0.0226. The Bertz CT molecular complexity index is 1030. The van der Waals surface area contributed by atoms with Crippen LogP contribution in [0, 0.1) is 0 Å². The lowest BCUT2D eigenvalue weighted by molar-refractivity contribution is -0.129. The lowest BCUT2D eigenvalue weighted by atomic mass is 10.2. The molecule has 1 amide bonds. The van der Waals surface area contributed by atoms with Crippen molar-refractivity contribution in [2.45, 2.75) is 37.2 Å². The Kier molecular flexibility index (Phi) is 6.36. The van der Waals surface area contributed by atoms with Crippen molar-refractivity contribution >= 4 is 17.7 Å². The number of nitrogens with zero attached hydrogens (tertiary/aromatic N) is 4. The molecule has 2 aromatic carbocycles. The van der Waals surface area contributed by atoms with E-state index >= 15 is 0 Å². The number of amides is 1. The number of carbonyl (C=O) groups is 1. The second-order valence-electron chi connectivity index (χ2n) is 7.11. The number of hydrogen-bond donors (Lipinski definition) is 1. The van der Waals surface area contributed by atoms with Crippen molar-refractivity contribution in [2.75, 3.05) is 11.6 Å². The number of hydrogen-bond acceptors (Lipinski definition) is 6. The average molecular weight is 445 g/mol. The molecule has 1 aliphatic carbocycles. The summed E-state index contributed by atoms with van der Waals surface area (Å²) < 4.78 is 30.2. The van der Waals surface area contributed by atoms with Crippen molar-refractivity contribution in [3.8, 4) is 17.1 Å². The molecule has 1 heterocycles. The number of aromatic nitrogens is 3. The highest BCUT2D eigenvalue weighted by Crippen LogP contribution is 2.30. The zero-order chi connectivity index (χ0) is 21.8. The van der Waals surface area contributed by atoms with E-state index in [-0.39, 0.29) is 23.5 Å². The predicted octanol–water partition coefficient (Wildman–Crippen LogP) is 3.54. The van der Waals surface area contributed by atoms with Crippen LogP contribution in [0.2, 0.25) is 0 Å². The molecule has 4 rings (SSSR count). The summed E-state index contributed by atoms with van der Waals surface area (Å²) in [6.45, 7) is -2.31. The topological polar surface area (TPSA) is 86.3 Å². The lowest BCUT2D eigenvalue weighted by Gasteiger charge is -2.22. The van der Waals surface area contributed by atoms with Crippen LogP contribution in [0.15, 0.2) is 59.8 Å². The van der Waals surface area contributed by atoms with Gasteiger partial charge in [-0.1, -0.05) is 42.1 Å². The zero-order valence-corrected chi connectivity index (χ0v) is 17.3. The largest absolute Gasteiger partial charge is 0.435 e. The molecule has 1 aliphatic rings. The molecular weight excluding hydrogens is 424 g/mol. The van der Waals surface area contributed by atoms with Gasteiger partial charge in [-0.25, -0.2) is 4.68 Å². The number of ether oxygens (including phenoxy) is 1. The molecule has 7 nitrogen and oxygen atoms in total. The maximum atomic E-state index is 12.8. The third-order valence-electron chi connectivity index (χ3n) is 4.83. The van der Waals surface area contributed by atoms with Gasteiger partial charge in [-0.05, 0) is 42.7 Å². The molecule has 0 radical (unpaired) electrons. The van der Waals surface area contributed by atoms with Gasteiger partial charge in [0.05, 0.1) is 5.75 Å². The minimum Gasteiger partial charge on any atom is -0.435 e. The standard InChI is InChI=1S/C21H21F2N5O2S/c22-20(23)30-17-10-6-15(7-11-17)19-25-26-21(28(19)24)31-13-18(29)27(16-8-9-16)12-14-4-2-1-3-5-14/h1-7,10-11,16,20H,8-9,12-13,24H2. The van der Waals surface area contributed by atoms with E-state index < -0.39 is 6.61 Å². The number of alkyl halides is 2. The predicted molar refractivity (Wildman–Crippen MR) is 113 cm³/mol. The van der Waals surface area contributed by atoms with Crippen LogP contribution in [0.1, 0.15) is 18.4 Å². The van der Waals surface area contributed by atoms with Gasteiger partial charge in [0, 0.05) is 18.2 Å². The minimum atomic E-state index is -2.89. The SMILES string of the molecule is Nn1c(SCC(=O)N(Cc2ccccc2)C2CC2)nnc1-c1ccc(OC(F)F)cc1. The highest BCUT2D eigenvalue weighted by Gasteiger charge is 2.32. The Hall–Kier alpha value is -3.14. The second kappa shape index (κ2) is 9.34. The molecule has 1 aromatic heterocycles. The van der Waals surface area contributed by atoms with Crippen LogP contribution in [0.5, 0.6) is 5.75 Å². The monoisotopic (exact) mass is 445 g/mol. The summed E-state index contributed by atoms with van der Waals surface area (Å²) in [7, 11) is 0. The van der Waals surface area contributed by atoms with Crippen molar-refractivity contribution in [2.24, 2.45) is 0 Å². The molecule has 0 aliphatic heterocycles. The summed E-state index contributed by atoms with van der Waals surface area (Å²) in [5.41, 5.74) is 1.69. The van der Waals surface area contributed by atoms with Crippen molar-refractivity contribution < 1.29 is 18.3 Å². The normalized spacial score (nSPS) is 13.4. The van der Waals surface area contributed by atoms with E-state index in [4.69, 9.17) is 5.84 Å². The van der Waals surface area contributed by atoms with Crippen molar-refractivity contribution in [1.82, 2.24) is 19.8 Å². The fourth-order valence-corrected chi connectivity index (χ4v) is 3.90. The molecule has 10 heteroatoms. The number of thioether (sulfide) groups is 1. The van der Waals surface area contributed by atoms with Crippen LogP contribution in [0.3, 0.4) is 0 Å². The first-order valence-electron chi connectivity index (χ1n) is 9.73. The Labute approximate surface area is 182 Å². The maximum absolute atomic E-state index is 12.8. The van der Waals surface area contributed by atoms with E-state index in [1.54, 1.807) is 12.1 Å². The molecule has 0 saturated heterocycles. The fourth-order valence-electron chi connectivity index (χ4n) is 3.15. The second-order valence-corrected chi connectivity index (χ2v) is 8.05. The Morgan fingerprint density at radius 2 is 1.87 bits per heavy atom. The quantitative estimate of drug-likeness (QED) is 0.401. The Morgan fingerprint density at radius 1 is 1.16 bits per heavy atom. The van der Waals surface area contributed by atoms with Gasteiger partial charge in [0.1, 0.15) is 5.75 Å². The van der Waals surface area contributed by atoms with Crippen molar-refractivity contribution in [3.63, 3.8) is 0 Å². The third kappa shape index (κ3) is 5.32. The van der Waals surface area contributed by atoms with E-state index in [1.165, 1.54) is 28.6 Å². The van der Waals surface area contributed by atoms with E-state index in [2.05, 4.69) is 14.9 Å². The van der Waals surface area contributed by atoms with Crippen LogP contribution < -0.4 is 10.6 Å². The molecule has 162 valence electrons. The zero-order valence-electron chi connectivity index (χ0n) is 16.5. The Balaban J connectivity index is 1.39. The Morgan fingerprint density at radius 3 is 2.52 bits per heavy atom. The fraction of sp³-hybridized carbons (Fsp3) is 0.286. The van der Waals surface area contributed by atoms with E-state index in [0.29, 0.717) is 23.1 Å². The number of carbonyl (C=O) groups excluding carboxylic acids is 1. The van der Waals surface area contributed by atoms with Gasteiger partial charge in [0.25, 0.3) is 0 Å². The summed E-state index contributed by atoms with van der Waals surface area (Å²) in [5, 5.41) is 8.53. The van der Waals surface area contributed by atoms with Gasteiger partial charge in [0.15, 0.2) is 5.82 Å². The molecule has 3 aromatic rings. The van der Waals surface area contributed by atoms with Gasteiger partial charge in [0.2, 0.25) is 11.1 Å². The molecule has 31 heavy (non-hydrogen) atoms. The number of nitrogens with two attached hydrogens (primary N) is 1. The number of benzene rings is 2. The molecular formula is C21H21F2N5O2S. The van der Waals surface area contributed by atoms with E-state index in [0.717, 1.165) is 18.4 Å². The molecule has 0 bridgehead atoms. The maximum Gasteiger partial charge on any atom is 0.387 e. The summed E-state index contributed by atoms with van der Waals surface area (Å²) in [4.78, 5) is 14.8. The highest BCUT2D eigenvalue weighted by molar-refractivity contribution is 7.99. The number of rotatable bonds is 9. The van der Waals surface area contributed by atoms with Gasteiger partial charge in [-0.3, -0.25) is 4.79 Å². The molecule has 1 fully saturated rings. The molecule has 0 atom stereocenters. The number of nitrogen functional groups attached to an aromatic ring is 1. The highest BCUT2D eigenvalue weighted by atomic mass is 32.2. The van der Waals surface area contributed by atoms with Crippen LogP contribution >= 0.6 is 11.8 Å². The summed E-state index contributed by atoms with van der Waals surface area (Å²) >= 11 is 1.22. The first-order chi connectivity index (χ1) is 15.0. The summed E-state index contributed by atoms with van der Waals surface area (Å²) in [6, 6.07) is 16.1.